The molecule has 1 aromatic carbocycles. The van der Waals surface area contributed by atoms with Crippen molar-refractivity contribution < 1.29 is 14.3 Å². The van der Waals surface area contributed by atoms with E-state index in [0.29, 0.717) is 18.7 Å². The number of nitrogens with zero attached hydrogens (tertiary/aromatic N) is 1. The summed E-state index contributed by atoms with van der Waals surface area (Å²) in [6.45, 7) is 1.89. The van der Waals surface area contributed by atoms with Crippen molar-refractivity contribution in [1.82, 2.24) is 4.90 Å². The SMILES string of the molecule is NC(=O)C1COCCN1C(=O)c1ccc2c(c1)CCN2. The van der Waals surface area contributed by atoms with Gasteiger partial charge in [0.1, 0.15) is 6.04 Å². The van der Waals surface area contributed by atoms with Gasteiger partial charge in [-0.15, -0.1) is 0 Å². The van der Waals surface area contributed by atoms with Gasteiger partial charge in [0, 0.05) is 24.3 Å². The molecule has 0 saturated carbocycles. The molecule has 106 valence electrons. The Hall–Kier alpha value is -2.08. The molecule has 1 saturated heterocycles. The Labute approximate surface area is 116 Å². The number of hydrogen-bond donors (Lipinski definition) is 2. The van der Waals surface area contributed by atoms with Gasteiger partial charge in [0.05, 0.1) is 13.2 Å². The van der Waals surface area contributed by atoms with Gasteiger partial charge < -0.3 is 20.7 Å². The van der Waals surface area contributed by atoms with Crippen LogP contribution < -0.4 is 11.1 Å². The predicted octanol–water partition coefficient (Wildman–Crippen LogP) is -0.0191. The molecule has 20 heavy (non-hydrogen) atoms. The number of benzene rings is 1. The maximum absolute atomic E-state index is 12.6. The van der Waals surface area contributed by atoms with Gasteiger partial charge >= 0.3 is 0 Å². The predicted molar refractivity (Wildman–Crippen MR) is 73.5 cm³/mol. The molecule has 6 heteroatoms. The first-order valence-corrected chi connectivity index (χ1v) is 6.71. The zero-order valence-corrected chi connectivity index (χ0v) is 11.1. The highest BCUT2D eigenvalue weighted by Crippen LogP contribution is 2.24. The van der Waals surface area contributed by atoms with Crippen molar-refractivity contribution in [2.45, 2.75) is 12.5 Å². The lowest BCUT2D eigenvalue weighted by atomic mass is 10.1. The molecule has 0 radical (unpaired) electrons. The average Bonchev–Trinajstić information content (AvgIpc) is 2.93. The zero-order valence-electron chi connectivity index (χ0n) is 11.1. The smallest absolute Gasteiger partial charge is 0.254 e. The maximum Gasteiger partial charge on any atom is 0.254 e. The highest BCUT2D eigenvalue weighted by atomic mass is 16.5. The third kappa shape index (κ3) is 2.22. The van der Waals surface area contributed by atoms with Crippen LogP contribution in [0.3, 0.4) is 0 Å². The molecule has 2 aliphatic rings. The minimum absolute atomic E-state index is 0.160. The number of ether oxygens (including phenoxy) is 1. The van der Waals surface area contributed by atoms with Crippen LogP contribution in [0, 0.1) is 0 Å². The second-order valence-corrected chi connectivity index (χ2v) is 5.04. The van der Waals surface area contributed by atoms with Crippen molar-refractivity contribution in [2.75, 3.05) is 31.6 Å². The second kappa shape index (κ2) is 5.13. The van der Waals surface area contributed by atoms with E-state index in [9.17, 15) is 9.59 Å². The molecule has 6 nitrogen and oxygen atoms in total. The molecule has 2 heterocycles. The summed E-state index contributed by atoms with van der Waals surface area (Å²) in [5, 5.41) is 3.25. The summed E-state index contributed by atoms with van der Waals surface area (Å²) >= 11 is 0. The summed E-state index contributed by atoms with van der Waals surface area (Å²) in [7, 11) is 0. The number of carbonyl (C=O) groups is 2. The van der Waals surface area contributed by atoms with E-state index in [-0.39, 0.29) is 12.5 Å². The van der Waals surface area contributed by atoms with Gasteiger partial charge in [-0.05, 0) is 30.2 Å². The Morgan fingerprint density at radius 2 is 2.25 bits per heavy atom. The van der Waals surface area contributed by atoms with E-state index in [1.807, 2.05) is 12.1 Å². The van der Waals surface area contributed by atoms with E-state index in [0.717, 1.165) is 24.2 Å². The molecule has 1 aromatic rings. The number of hydrogen-bond acceptors (Lipinski definition) is 4. The molecule has 0 aliphatic carbocycles. The van der Waals surface area contributed by atoms with Gasteiger partial charge in [-0.1, -0.05) is 0 Å². The lowest BCUT2D eigenvalue weighted by Gasteiger charge is -2.33. The van der Waals surface area contributed by atoms with Crippen LogP contribution in [-0.2, 0) is 16.0 Å². The number of rotatable bonds is 2. The second-order valence-electron chi connectivity index (χ2n) is 5.04. The summed E-state index contributed by atoms with van der Waals surface area (Å²) in [5.41, 5.74) is 8.16. The van der Waals surface area contributed by atoms with Gasteiger partial charge in [-0.2, -0.15) is 0 Å². The van der Waals surface area contributed by atoms with Crippen LogP contribution >= 0.6 is 0 Å². The molecule has 3 rings (SSSR count). The van der Waals surface area contributed by atoms with Crippen LogP contribution in [0.1, 0.15) is 15.9 Å². The fourth-order valence-corrected chi connectivity index (χ4v) is 2.69. The molecular formula is C14H17N3O3. The van der Waals surface area contributed by atoms with Gasteiger partial charge in [-0.3, -0.25) is 9.59 Å². The fourth-order valence-electron chi connectivity index (χ4n) is 2.69. The normalized spacial score (nSPS) is 21.2. The Morgan fingerprint density at radius 1 is 1.40 bits per heavy atom. The molecule has 1 unspecified atom stereocenters. The first kappa shape index (κ1) is 12.9. The van der Waals surface area contributed by atoms with E-state index in [1.165, 1.54) is 4.90 Å². The first-order valence-electron chi connectivity index (χ1n) is 6.71. The largest absolute Gasteiger partial charge is 0.384 e. The van der Waals surface area contributed by atoms with Crippen LogP contribution in [0.15, 0.2) is 18.2 Å². The molecule has 0 spiro atoms. The van der Waals surface area contributed by atoms with Crippen molar-refractivity contribution in [3.63, 3.8) is 0 Å². The van der Waals surface area contributed by atoms with E-state index < -0.39 is 11.9 Å². The summed E-state index contributed by atoms with van der Waals surface area (Å²) in [4.78, 5) is 25.5. The van der Waals surface area contributed by atoms with E-state index in [4.69, 9.17) is 10.5 Å². The fraction of sp³-hybridized carbons (Fsp3) is 0.429. The molecule has 1 atom stereocenters. The van der Waals surface area contributed by atoms with Crippen LogP contribution in [0.4, 0.5) is 5.69 Å². The minimum Gasteiger partial charge on any atom is -0.384 e. The Morgan fingerprint density at radius 3 is 3.05 bits per heavy atom. The van der Waals surface area contributed by atoms with Gasteiger partial charge in [0.2, 0.25) is 5.91 Å². The van der Waals surface area contributed by atoms with Crippen LogP contribution in [-0.4, -0.2) is 49.1 Å². The molecule has 2 aliphatic heterocycles. The first-order chi connectivity index (χ1) is 9.66. The standard InChI is InChI=1S/C14H17N3O3/c15-13(18)12-8-20-6-5-17(12)14(19)10-1-2-11-9(7-10)3-4-16-11/h1-2,7,12,16H,3-6,8H2,(H2,15,18). The number of nitrogens with one attached hydrogen (secondary N) is 1. The Balaban J connectivity index is 1.85. The molecule has 0 bridgehead atoms. The number of primary amides is 1. The lowest BCUT2D eigenvalue weighted by molar-refractivity contribution is -0.127. The summed E-state index contributed by atoms with van der Waals surface area (Å²) in [5.74, 6) is -0.687. The summed E-state index contributed by atoms with van der Waals surface area (Å²) in [6, 6.07) is 4.91. The highest BCUT2D eigenvalue weighted by molar-refractivity contribution is 5.98. The van der Waals surface area contributed by atoms with Crippen molar-refractivity contribution in [3.8, 4) is 0 Å². The van der Waals surface area contributed by atoms with Gasteiger partial charge in [0.15, 0.2) is 0 Å². The van der Waals surface area contributed by atoms with Gasteiger partial charge in [0.25, 0.3) is 5.91 Å². The van der Waals surface area contributed by atoms with E-state index >= 15 is 0 Å². The molecular weight excluding hydrogens is 258 g/mol. The molecule has 0 aromatic heterocycles. The number of morpholine rings is 1. The lowest BCUT2D eigenvalue weighted by Crippen LogP contribution is -2.54. The van der Waals surface area contributed by atoms with Crippen molar-refractivity contribution in [3.05, 3.63) is 29.3 Å². The monoisotopic (exact) mass is 275 g/mol. The number of amides is 2. The zero-order chi connectivity index (χ0) is 14.1. The number of anilines is 1. The van der Waals surface area contributed by atoms with Crippen molar-refractivity contribution in [2.24, 2.45) is 5.73 Å². The topological polar surface area (TPSA) is 84.7 Å². The molecule has 2 amide bonds. The van der Waals surface area contributed by atoms with Crippen molar-refractivity contribution >= 4 is 17.5 Å². The number of carbonyl (C=O) groups excluding carboxylic acids is 2. The van der Waals surface area contributed by atoms with E-state index in [1.54, 1.807) is 6.07 Å². The molecule has 3 N–H and O–H groups in total. The quantitative estimate of drug-likeness (QED) is 0.794. The average molecular weight is 275 g/mol. The number of fused-ring (bicyclic) bond motifs is 1. The van der Waals surface area contributed by atoms with Crippen LogP contribution in [0.5, 0.6) is 0 Å². The van der Waals surface area contributed by atoms with E-state index in [2.05, 4.69) is 5.32 Å². The Bertz CT molecular complexity index is 559. The summed E-state index contributed by atoms with van der Waals surface area (Å²) in [6.07, 6.45) is 0.915. The molecule has 1 fully saturated rings. The van der Waals surface area contributed by atoms with Crippen LogP contribution in [0.25, 0.3) is 0 Å². The minimum atomic E-state index is -0.678. The van der Waals surface area contributed by atoms with Crippen LogP contribution in [0.2, 0.25) is 0 Å². The third-order valence-corrected chi connectivity index (χ3v) is 3.78. The third-order valence-electron chi connectivity index (χ3n) is 3.78. The summed E-state index contributed by atoms with van der Waals surface area (Å²) < 4.78 is 5.23. The van der Waals surface area contributed by atoms with Gasteiger partial charge in [-0.25, -0.2) is 0 Å². The highest BCUT2D eigenvalue weighted by Gasteiger charge is 2.32. The number of nitrogens with two attached hydrogens (primary N) is 1. The Kier molecular flexibility index (Phi) is 3.31. The van der Waals surface area contributed by atoms with Crippen molar-refractivity contribution in [1.29, 1.82) is 0 Å². The maximum atomic E-state index is 12.6.